The van der Waals surface area contributed by atoms with Crippen LogP contribution in [0.15, 0.2) is 36.5 Å². The summed E-state index contributed by atoms with van der Waals surface area (Å²) in [7, 11) is 0. The van der Waals surface area contributed by atoms with Gasteiger partial charge in [0.2, 0.25) is 0 Å². The van der Waals surface area contributed by atoms with Crippen molar-refractivity contribution in [1.82, 2.24) is 9.78 Å². The quantitative estimate of drug-likeness (QED) is 0.806. The van der Waals surface area contributed by atoms with Gasteiger partial charge in [-0.05, 0) is 30.7 Å². The molecule has 0 bridgehead atoms. The Morgan fingerprint density at radius 2 is 2.17 bits per heavy atom. The Labute approximate surface area is 131 Å². The molecule has 0 saturated carbocycles. The normalized spacial score (nSPS) is 10.7. The largest absolute Gasteiger partial charge is 0.478 e. The lowest BCUT2D eigenvalue weighted by molar-refractivity contribution is 0.0691. The van der Waals surface area contributed by atoms with Crippen LogP contribution in [0.25, 0.3) is 10.9 Å². The van der Waals surface area contributed by atoms with Crippen molar-refractivity contribution < 1.29 is 14.3 Å². The van der Waals surface area contributed by atoms with Crippen molar-refractivity contribution in [2.24, 2.45) is 0 Å². The van der Waals surface area contributed by atoms with E-state index in [9.17, 15) is 9.18 Å². The van der Waals surface area contributed by atoms with Crippen molar-refractivity contribution in [2.45, 2.75) is 13.5 Å². The van der Waals surface area contributed by atoms with Gasteiger partial charge < -0.3 is 5.11 Å². The zero-order valence-electron chi connectivity index (χ0n) is 12.2. The van der Waals surface area contributed by atoms with Gasteiger partial charge in [0, 0.05) is 10.9 Å². The predicted molar refractivity (Wildman–Crippen MR) is 81.6 cm³/mol. The SMILES string of the molecule is Cc1c(C#N)ccc2c1cnn2Cc1cccc(C(=O)O)c1F. The lowest BCUT2D eigenvalue weighted by Crippen LogP contribution is -2.08. The van der Waals surface area contributed by atoms with E-state index in [1.54, 1.807) is 23.0 Å². The van der Waals surface area contributed by atoms with Crippen LogP contribution in [-0.4, -0.2) is 20.9 Å². The van der Waals surface area contributed by atoms with Crippen LogP contribution < -0.4 is 0 Å². The van der Waals surface area contributed by atoms with Crippen LogP contribution in [-0.2, 0) is 6.54 Å². The molecular formula is C17H12FN3O2. The molecule has 23 heavy (non-hydrogen) atoms. The number of hydrogen-bond acceptors (Lipinski definition) is 3. The van der Waals surface area contributed by atoms with Crippen LogP contribution >= 0.6 is 0 Å². The number of carboxylic acid groups (broad SMARTS) is 1. The number of rotatable bonds is 3. The number of aryl methyl sites for hydroxylation is 1. The molecule has 1 heterocycles. The Bertz CT molecular complexity index is 970. The average molecular weight is 309 g/mol. The molecule has 0 aliphatic carbocycles. The van der Waals surface area contributed by atoms with E-state index in [0.29, 0.717) is 5.56 Å². The molecule has 3 rings (SSSR count). The highest BCUT2D eigenvalue weighted by molar-refractivity contribution is 5.88. The fourth-order valence-corrected chi connectivity index (χ4v) is 2.57. The number of benzene rings is 2. The smallest absolute Gasteiger partial charge is 0.338 e. The molecule has 0 saturated heterocycles. The third-order valence-electron chi connectivity index (χ3n) is 3.85. The van der Waals surface area contributed by atoms with Gasteiger partial charge in [0.15, 0.2) is 0 Å². The lowest BCUT2D eigenvalue weighted by Gasteiger charge is -2.08. The van der Waals surface area contributed by atoms with Crippen molar-refractivity contribution >= 4 is 16.9 Å². The first kappa shape index (κ1) is 14.7. The fraction of sp³-hybridized carbons (Fsp3) is 0.118. The van der Waals surface area contributed by atoms with Gasteiger partial charge in [-0.1, -0.05) is 12.1 Å². The molecule has 0 unspecified atom stereocenters. The highest BCUT2D eigenvalue weighted by atomic mass is 19.1. The van der Waals surface area contributed by atoms with Gasteiger partial charge in [-0.3, -0.25) is 4.68 Å². The Balaban J connectivity index is 2.07. The van der Waals surface area contributed by atoms with E-state index in [1.807, 2.05) is 6.92 Å². The van der Waals surface area contributed by atoms with E-state index < -0.39 is 11.8 Å². The summed E-state index contributed by atoms with van der Waals surface area (Å²) in [6.07, 6.45) is 1.63. The summed E-state index contributed by atoms with van der Waals surface area (Å²) in [6.45, 7) is 1.94. The number of halogens is 1. The molecular weight excluding hydrogens is 297 g/mol. The number of fused-ring (bicyclic) bond motifs is 1. The Hall–Kier alpha value is -3.20. The van der Waals surface area contributed by atoms with Gasteiger partial charge in [0.1, 0.15) is 5.82 Å². The first-order chi connectivity index (χ1) is 11.0. The van der Waals surface area contributed by atoms with Gasteiger partial charge in [0.05, 0.1) is 35.5 Å². The Morgan fingerprint density at radius 3 is 2.87 bits per heavy atom. The van der Waals surface area contributed by atoms with Gasteiger partial charge in [-0.2, -0.15) is 10.4 Å². The molecule has 5 nitrogen and oxygen atoms in total. The second kappa shape index (κ2) is 5.54. The van der Waals surface area contributed by atoms with Crippen LogP contribution in [0.3, 0.4) is 0 Å². The van der Waals surface area contributed by atoms with Crippen LogP contribution in [0.5, 0.6) is 0 Å². The van der Waals surface area contributed by atoms with E-state index >= 15 is 0 Å². The van der Waals surface area contributed by atoms with Crippen LogP contribution in [0, 0.1) is 24.1 Å². The second-order valence-electron chi connectivity index (χ2n) is 5.17. The highest BCUT2D eigenvalue weighted by Crippen LogP contribution is 2.23. The minimum atomic E-state index is -1.30. The van der Waals surface area contributed by atoms with Gasteiger partial charge in [-0.15, -0.1) is 0 Å². The molecule has 1 N–H and O–H groups in total. The molecule has 6 heteroatoms. The zero-order chi connectivity index (χ0) is 16.6. The molecule has 0 spiro atoms. The molecule has 1 aromatic heterocycles. The summed E-state index contributed by atoms with van der Waals surface area (Å²) in [6, 6.07) is 9.83. The van der Waals surface area contributed by atoms with Crippen LogP contribution in [0.2, 0.25) is 0 Å². The number of carbonyl (C=O) groups is 1. The van der Waals surface area contributed by atoms with E-state index in [2.05, 4.69) is 11.2 Å². The van der Waals surface area contributed by atoms with Crippen molar-refractivity contribution in [1.29, 1.82) is 5.26 Å². The molecule has 0 fully saturated rings. The first-order valence-corrected chi connectivity index (χ1v) is 6.89. The molecule has 0 amide bonds. The third-order valence-corrected chi connectivity index (χ3v) is 3.85. The maximum atomic E-state index is 14.2. The number of nitriles is 1. The minimum Gasteiger partial charge on any atom is -0.478 e. The number of aromatic nitrogens is 2. The second-order valence-corrected chi connectivity index (χ2v) is 5.17. The summed E-state index contributed by atoms with van der Waals surface area (Å²) in [5.41, 5.74) is 2.03. The van der Waals surface area contributed by atoms with E-state index in [0.717, 1.165) is 16.5 Å². The molecule has 2 aromatic carbocycles. The number of nitrogens with zero attached hydrogens (tertiary/aromatic N) is 3. The van der Waals surface area contributed by atoms with E-state index in [4.69, 9.17) is 10.4 Å². The molecule has 0 radical (unpaired) electrons. The number of hydrogen-bond donors (Lipinski definition) is 1. The Morgan fingerprint density at radius 1 is 1.39 bits per heavy atom. The topological polar surface area (TPSA) is 78.9 Å². The number of carboxylic acids is 1. The van der Waals surface area contributed by atoms with Crippen molar-refractivity contribution in [2.75, 3.05) is 0 Å². The monoisotopic (exact) mass is 309 g/mol. The predicted octanol–water partition coefficient (Wildman–Crippen LogP) is 3.10. The standard InChI is InChI=1S/C17H12FN3O2/c1-10-11(7-19)5-6-15-14(10)8-20-21(15)9-12-3-2-4-13(16(12)18)17(22)23/h2-6,8H,9H2,1H3,(H,22,23). The molecule has 0 aliphatic rings. The number of aromatic carboxylic acids is 1. The molecule has 114 valence electrons. The minimum absolute atomic E-state index is 0.113. The highest BCUT2D eigenvalue weighted by Gasteiger charge is 2.15. The zero-order valence-corrected chi connectivity index (χ0v) is 12.2. The van der Waals surface area contributed by atoms with Crippen LogP contribution in [0.4, 0.5) is 4.39 Å². The van der Waals surface area contributed by atoms with Crippen molar-refractivity contribution in [3.8, 4) is 6.07 Å². The summed E-state index contributed by atoms with van der Waals surface area (Å²) in [4.78, 5) is 11.0. The van der Waals surface area contributed by atoms with Crippen LogP contribution in [0.1, 0.15) is 27.0 Å². The summed E-state index contributed by atoms with van der Waals surface area (Å²) < 4.78 is 15.8. The molecule has 3 aromatic rings. The molecule has 0 aliphatic heterocycles. The first-order valence-electron chi connectivity index (χ1n) is 6.89. The fourth-order valence-electron chi connectivity index (χ4n) is 2.57. The van der Waals surface area contributed by atoms with E-state index in [1.165, 1.54) is 18.2 Å². The van der Waals surface area contributed by atoms with Gasteiger partial charge >= 0.3 is 5.97 Å². The lowest BCUT2D eigenvalue weighted by atomic mass is 10.1. The average Bonchev–Trinajstić information content (AvgIpc) is 2.93. The summed E-state index contributed by atoms with van der Waals surface area (Å²) in [5, 5.41) is 23.1. The summed E-state index contributed by atoms with van der Waals surface area (Å²) >= 11 is 0. The summed E-state index contributed by atoms with van der Waals surface area (Å²) in [5.74, 6) is -2.06. The maximum Gasteiger partial charge on any atom is 0.338 e. The Kier molecular flexibility index (Phi) is 3.54. The van der Waals surface area contributed by atoms with E-state index in [-0.39, 0.29) is 17.7 Å². The van der Waals surface area contributed by atoms with Crippen molar-refractivity contribution in [3.05, 3.63) is 64.6 Å². The molecule has 0 atom stereocenters. The maximum absolute atomic E-state index is 14.2. The van der Waals surface area contributed by atoms with Crippen molar-refractivity contribution in [3.63, 3.8) is 0 Å². The van der Waals surface area contributed by atoms with Gasteiger partial charge in [0.25, 0.3) is 0 Å². The third kappa shape index (κ3) is 2.42. The van der Waals surface area contributed by atoms with Gasteiger partial charge in [-0.25, -0.2) is 9.18 Å².